The second kappa shape index (κ2) is 6.96. The Bertz CT molecular complexity index is 415. The van der Waals surface area contributed by atoms with Gasteiger partial charge in [0.25, 0.3) is 5.91 Å². The monoisotopic (exact) mass is 309 g/mol. The zero-order valence-corrected chi connectivity index (χ0v) is 13.0. The molecule has 6 nitrogen and oxygen atoms in total. The van der Waals surface area contributed by atoms with E-state index in [9.17, 15) is 14.7 Å². The molecular formula is C16H27N3O3. The van der Waals surface area contributed by atoms with Crippen LogP contribution in [0.3, 0.4) is 0 Å². The fraction of sp³-hybridized carbons (Fsp3) is 0.875. The van der Waals surface area contributed by atoms with Crippen LogP contribution in [0.4, 0.5) is 0 Å². The van der Waals surface area contributed by atoms with E-state index in [-0.39, 0.29) is 23.9 Å². The number of carbonyl (C=O) groups excluding carboxylic acids is 2. The van der Waals surface area contributed by atoms with Gasteiger partial charge in [0.05, 0.1) is 12.1 Å². The average Bonchev–Trinajstić information content (AvgIpc) is 3.09. The summed E-state index contributed by atoms with van der Waals surface area (Å²) in [4.78, 5) is 24.4. The van der Waals surface area contributed by atoms with Crippen molar-refractivity contribution in [2.24, 2.45) is 5.92 Å². The van der Waals surface area contributed by atoms with Crippen molar-refractivity contribution in [3.63, 3.8) is 0 Å². The molecule has 22 heavy (non-hydrogen) atoms. The molecule has 124 valence electrons. The number of aliphatic hydroxyl groups is 1. The lowest BCUT2D eigenvalue weighted by atomic mass is 9.79. The van der Waals surface area contributed by atoms with Crippen LogP contribution in [-0.4, -0.2) is 47.7 Å². The minimum atomic E-state index is -1.15. The maximum Gasteiger partial charge on any atom is 0.251 e. The Morgan fingerprint density at radius 3 is 2.45 bits per heavy atom. The van der Waals surface area contributed by atoms with Crippen molar-refractivity contribution in [3.05, 3.63) is 0 Å². The van der Waals surface area contributed by atoms with Crippen LogP contribution in [0, 0.1) is 5.92 Å². The van der Waals surface area contributed by atoms with Crippen molar-refractivity contribution < 1.29 is 14.7 Å². The molecule has 6 heteroatoms. The van der Waals surface area contributed by atoms with E-state index in [1.54, 1.807) is 0 Å². The molecule has 2 aliphatic carbocycles. The molecule has 3 aliphatic rings. The zero-order valence-electron chi connectivity index (χ0n) is 13.0. The lowest BCUT2D eigenvalue weighted by molar-refractivity contribution is -0.133. The van der Waals surface area contributed by atoms with Crippen LogP contribution in [0.2, 0.25) is 0 Å². The Labute approximate surface area is 131 Å². The predicted octanol–water partition coefficient (Wildman–Crippen LogP) is 0.0529. The molecule has 0 aromatic heterocycles. The van der Waals surface area contributed by atoms with Crippen LogP contribution in [0.5, 0.6) is 0 Å². The molecule has 3 unspecified atom stereocenters. The number of amides is 2. The maximum absolute atomic E-state index is 12.3. The SMILES string of the molecule is O=C(NC(CC1CCC1)C(O)C(=O)NC1CC1)C1CCCN1. The minimum Gasteiger partial charge on any atom is -0.381 e. The van der Waals surface area contributed by atoms with Gasteiger partial charge in [-0.15, -0.1) is 0 Å². The normalized spacial score (nSPS) is 27.8. The van der Waals surface area contributed by atoms with Crippen LogP contribution in [-0.2, 0) is 9.59 Å². The van der Waals surface area contributed by atoms with E-state index in [0.717, 1.165) is 45.1 Å². The summed E-state index contributed by atoms with van der Waals surface area (Å²) in [5.74, 6) is 0.0943. The first-order valence-corrected chi connectivity index (χ1v) is 8.65. The second-order valence-corrected chi connectivity index (χ2v) is 7.02. The fourth-order valence-electron chi connectivity index (χ4n) is 3.24. The molecule has 0 spiro atoms. The lowest BCUT2D eigenvalue weighted by Gasteiger charge is -2.32. The van der Waals surface area contributed by atoms with E-state index in [1.165, 1.54) is 6.42 Å². The van der Waals surface area contributed by atoms with Gasteiger partial charge in [-0.1, -0.05) is 19.3 Å². The van der Waals surface area contributed by atoms with Gasteiger partial charge in [0.2, 0.25) is 5.91 Å². The molecule has 0 aromatic carbocycles. The summed E-state index contributed by atoms with van der Waals surface area (Å²) in [5.41, 5.74) is 0. The Balaban J connectivity index is 1.56. The highest BCUT2D eigenvalue weighted by Gasteiger charge is 2.35. The molecule has 1 heterocycles. The molecule has 3 fully saturated rings. The van der Waals surface area contributed by atoms with Crippen LogP contribution in [0.25, 0.3) is 0 Å². The van der Waals surface area contributed by atoms with E-state index < -0.39 is 12.1 Å². The molecule has 2 saturated carbocycles. The largest absolute Gasteiger partial charge is 0.381 e. The van der Waals surface area contributed by atoms with Gasteiger partial charge in [-0.05, 0) is 44.6 Å². The molecule has 0 bridgehead atoms. The molecule has 0 radical (unpaired) electrons. The third kappa shape index (κ3) is 3.98. The molecule has 4 N–H and O–H groups in total. The standard InChI is InChI=1S/C16H27N3O3/c20-14(16(22)18-11-6-7-11)13(9-10-3-1-4-10)19-15(21)12-5-2-8-17-12/h10-14,17,20H,1-9H2,(H,18,22)(H,19,21). The summed E-state index contributed by atoms with van der Waals surface area (Å²) < 4.78 is 0. The van der Waals surface area contributed by atoms with Gasteiger partial charge >= 0.3 is 0 Å². The summed E-state index contributed by atoms with van der Waals surface area (Å²) in [5, 5.41) is 19.3. The summed E-state index contributed by atoms with van der Waals surface area (Å²) in [6.07, 6.45) is 6.82. The highest BCUT2D eigenvalue weighted by Crippen LogP contribution is 2.31. The smallest absolute Gasteiger partial charge is 0.251 e. The number of hydrogen-bond acceptors (Lipinski definition) is 4. The van der Waals surface area contributed by atoms with Crippen molar-refractivity contribution >= 4 is 11.8 Å². The first kappa shape index (κ1) is 15.7. The Morgan fingerprint density at radius 2 is 1.91 bits per heavy atom. The van der Waals surface area contributed by atoms with Crippen molar-refractivity contribution in [1.82, 2.24) is 16.0 Å². The summed E-state index contributed by atoms with van der Waals surface area (Å²) in [7, 11) is 0. The van der Waals surface area contributed by atoms with Crippen LogP contribution in [0.1, 0.15) is 51.4 Å². The average molecular weight is 309 g/mol. The van der Waals surface area contributed by atoms with E-state index in [2.05, 4.69) is 16.0 Å². The van der Waals surface area contributed by atoms with E-state index >= 15 is 0 Å². The summed E-state index contributed by atoms with van der Waals surface area (Å²) >= 11 is 0. The van der Waals surface area contributed by atoms with Gasteiger partial charge in [-0.3, -0.25) is 9.59 Å². The van der Waals surface area contributed by atoms with Gasteiger partial charge in [-0.2, -0.15) is 0 Å². The van der Waals surface area contributed by atoms with Gasteiger partial charge in [0.15, 0.2) is 6.10 Å². The minimum absolute atomic E-state index is 0.0832. The third-order valence-corrected chi connectivity index (χ3v) is 5.09. The van der Waals surface area contributed by atoms with Crippen molar-refractivity contribution in [2.75, 3.05) is 6.54 Å². The van der Waals surface area contributed by atoms with Crippen molar-refractivity contribution in [2.45, 2.75) is 75.6 Å². The van der Waals surface area contributed by atoms with Crippen LogP contribution >= 0.6 is 0 Å². The van der Waals surface area contributed by atoms with E-state index in [4.69, 9.17) is 0 Å². The number of aliphatic hydroxyl groups excluding tert-OH is 1. The highest BCUT2D eigenvalue weighted by atomic mass is 16.3. The Kier molecular flexibility index (Phi) is 4.98. The highest BCUT2D eigenvalue weighted by molar-refractivity contribution is 5.85. The molecule has 3 rings (SSSR count). The molecule has 0 aromatic rings. The van der Waals surface area contributed by atoms with Gasteiger partial charge in [-0.25, -0.2) is 0 Å². The fourth-order valence-corrected chi connectivity index (χ4v) is 3.24. The van der Waals surface area contributed by atoms with Gasteiger partial charge in [0.1, 0.15) is 0 Å². The Morgan fingerprint density at radius 1 is 1.14 bits per heavy atom. The molecule has 1 saturated heterocycles. The van der Waals surface area contributed by atoms with Gasteiger partial charge < -0.3 is 21.1 Å². The molecule has 3 atom stereocenters. The quantitative estimate of drug-likeness (QED) is 0.535. The molecule has 2 amide bonds. The van der Waals surface area contributed by atoms with Gasteiger partial charge in [0, 0.05) is 6.04 Å². The lowest BCUT2D eigenvalue weighted by Crippen LogP contribution is -2.55. The summed E-state index contributed by atoms with van der Waals surface area (Å²) in [6, 6.07) is -0.430. The predicted molar refractivity (Wildman–Crippen MR) is 82.1 cm³/mol. The number of rotatable bonds is 7. The topological polar surface area (TPSA) is 90.5 Å². The van der Waals surface area contributed by atoms with E-state index in [0.29, 0.717) is 12.3 Å². The first-order chi connectivity index (χ1) is 10.6. The maximum atomic E-state index is 12.3. The third-order valence-electron chi connectivity index (χ3n) is 5.09. The molecule has 1 aliphatic heterocycles. The van der Waals surface area contributed by atoms with Crippen molar-refractivity contribution in [1.29, 1.82) is 0 Å². The zero-order chi connectivity index (χ0) is 15.5. The number of nitrogens with one attached hydrogen (secondary N) is 3. The van der Waals surface area contributed by atoms with Crippen LogP contribution in [0.15, 0.2) is 0 Å². The Hall–Kier alpha value is -1.14. The second-order valence-electron chi connectivity index (χ2n) is 7.02. The summed E-state index contributed by atoms with van der Waals surface area (Å²) in [6.45, 7) is 0.857. The van der Waals surface area contributed by atoms with E-state index in [1.807, 2.05) is 0 Å². The van der Waals surface area contributed by atoms with Crippen molar-refractivity contribution in [3.8, 4) is 0 Å². The number of carbonyl (C=O) groups is 2. The van der Waals surface area contributed by atoms with Crippen LogP contribution < -0.4 is 16.0 Å². The number of hydrogen-bond donors (Lipinski definition) is 4. The first-order valence-electron chi connectivity index (χ1n) is 8.65. The molecular weight excluding hydrogens is 282 g/mol.